The molecule has 0 aromatic heterocycles. The molecule has 0 bridgehead atoms. The Morgan fingerprint density at radius 3 is 2.56 bits per heavy atom. The van der Waals surface area contributed by atoms with E-state index in [4.69, 9.17) is 14.2 Å². The van der Waals surface area contributed by atoms with Crippen LogP contribution in [0.4, 0.5) is 0 Å². The molecule has 102 valence electrons. The molecule has 4 rings (SSSR count). The van der Waals surface area contributed by atoms with Crippen molar-refractivity contribution in [2.45, 2.75) is 63.4 Å². The number of hydrogen-bond donors (Lipinski definition) is 0. The van der Waals surface area contributed by atoms with Crippen LogP contribution < -0.4 is 0 Å². The topological polar surface area (TPSA) is 34.3 Å². The Labute approximate surface area is 109 Å². The van der Waals surface area contributed by atoms with Crippen molar-refractivity contribution in [2.75, 3.05) is 13.2 Å². The molecule has 0 aromatic carbocycles. The lowest BCUT2D eigenvalue weighted by molar-refractivity contribution is 0.0403. The van der Waals surface area contributed by atoms with E-state index in [0.29, 0.717) is 24.4 Å². The van der Waals surface area contributed by atoms with Crippen LogP contribution in [0.1, 0.15) is 39.0 Å². The van der Waals surface area contributed by atoms with E-state index >= 15 is 0 Å². The third kappa shape index (κ3) is 2.33. The highest BCUT2D eigenvalue weighted by molar-refractivity contribution is 4.95. The van der Waals surface area contributed by atoms with Crippen molar-refractivity contribution in [3.63, 3.8) is 0 Å². The monoisotopic (exact) mass is 252 g/mol. The molecule has 3 heteroatoms. The van der Waals surface area contributed by atoms with Gasteiger partial charge in [-0.15, -0.1) is 0 Å². The summed E-state index contributed by atoms with van der Waals surface area (Å²) in [6, 6.07) is 0. The number of epoxide rings is 2. The predicted octanol–water partition coefficient (Wildman–Crippen LogP) is 2.38. The smallest absolute Gasteiger partial charge is 0.0845 e. The Kier molecular flexibility index (Phi) is 2.90. The van der Waals surface area contributed by atoms with Crippen LogP contribution in [-0.4, -0.2) is 37.6 Å². The SMILES string of the molecule is C[C@H]1C[C@@H]2O[C@H]2C[C@@H]1COC[C@@H]1CC[C@H]2O[C@@H]2C1. The van der Waals surface area contributed by atoms with E-state index in [9.17, 15) is 0 Å². The quantitative estimate of drug-likeness (QED) is 0.720. The fourth-order valence-corrected chi connectivity index (χ4v) is 3.94. The van der Waals surface area contributed by atoms with Gasteiger partial charge in [-0.25, -0.2) is 0 Å². The molecule has 0 unspecified atom stereocenters. The van der Waals surface area contributed by atoms with Gasteiger partial charge in [-0.2, -0.15) is 0 Å². The molecule has 0 spiro atoms. The largest absolute Gasteiger partial charge is 0.381 e. The van der Waals surface area contributed by atoms with Crippen LogP contribution in [0.25, 0.3) is 0 Å². The van der Waals surface area contributed by atoms with E-state index < -0.39 is 0 Å². The maximum Gasteiger partial charge on any atom is 0.0845 e. The summed E-state index contributed by atoms with van der Waals surface area (Å²) < 4.78 is 17.2. The number of ether oxygens (including phenoxy) is 3. The molecule has 0 N–H and O–H groups in total. The number of fused-ring (bicyclic) bond motifs is 2. The van der Waals surface area contributed by atoms with Crippen LogP contribution in [0.2, 0.25) is 0 Å². The van der Waals surface area contributed by atoms with E-state index in [-0.39, 0.29) is 0 Å². The Hall–Kier alpha value is -0.120. The summed E-state index contributed by atoms with van der Waals surface area (Å²) in [4.78, 5) is 0. The standard InChI is InChI=1S/C15H24O3/c1-9-4-13-15(18-13)6-11(9)8-16-7-10-2-3-12-14(5-10)17-12/h9-15H,2-8H2,1H3/t9-,10+,11+,12+,13-,14+,15-/m0/s1. The second-order valence-corrected chi connectivity index (χ2v) is 6.85. The van der Waals surface area contributed by atoms with Crippen molar-refractivity contribution >= 4 is 0 Å². The first-order valence-corrected chi connectivity index (χ1v) is 7.68. The molecular formula is C15H24O3. The maximum atomic E-state index is 6.01. The van der Waals surface area contributed by atoms with Gasteiger partial charge in [0.05, 0.1) is 24.4 Å². The Balaban J connectivity index is 1.19. The molecule has 7 atom stereocenters. The van der Waals surface area contributed by atoms with E-state index in [1.54, 1.807) is 0 Å². The first-order valence-electron chi connectivity index (χ1n) is 7.68. The summed E-state index contributed by atoms with van der Waals surface area (Å²) in [6.07, 6.45) is 8.64. The van der Waals surface area contributed by atoms with E-state index in [0.717, 1.165) is 31.0 Å². The fourth-order valence-electron chi connectivity index (χ4n) is 3.94. The lowest BCUT2D eigenvalue weighted by Crippen LogP contribution is -2.27. The van der Waals surface area contributed by atoms with Gasteiger partial charge in [0.25, 0.3) is 0 Å². The van der Waals surface area contributed by atoms with Crippen LogP contribution in [0.5, 0.6) is 0 Å². The average molecular weight is 252 g/mol. The highest BCUT2D eigenvalue weighted by Crippen LogP contribution is 2.43. The van der Waals surface area contributed by atoms with Crippen LogP contribution >= 0.6 is 0 Å². The van der Waals surface area contributed by atoms with Gasteiger partial charge in [-0.3, -0.25) is 0 Å². The maximum absolute atomic E-state index is 6.01. The summed E-state index contributed by atoms with van der Waals surface area (Å²) in [6.45, 7) is 4.25. The molecule has 0 radical (unpaired) electrons. The summed E-state index contributed by atoms with van der Waals surface area (Å²) in [5.74, 6) is 2.25. The van der Waals surface area contributed by atoms with Crippen LogP contribution in [0, 0.1) is 17.8 Å². The zero-order valence-corrected chi connectivity index (χ0v) is 11.2. The Morgan fingerprint density at radius 2 is 1.67 bits per heavy atom. The summed E-state index contributed by atoms with van der Waals surface area (Å²) in [7, 11) is 0. The zero-order chi connectivity index (χ0) is 12.1. The van der Waals surface area contributed by atoms with Crippen molar-refractivity contribution in [3.8, 4) is 0 Å². The van der Waals surface area contributed by atoms with Gasteiger partial charge in [-0.05, 0) is 49.9 Å². The minimum absolute atomic E-state index is 0.574. The highest BCUT2D eigenvalue weighted by Gasteiger charge is 2.47. The zero-order valence-electron chi connectivity index (χ0n) is 11.2. The van der Waals surface area contributed by atoms with Gasteiger partial charge in [-0.1, -0.05) is 6.92 Å². The molecule has 4 fully saturated rings. The van der Waals surface area contributed by atoms with Gasteiger partial charge >= 0.3 is 0 Å². The fraction of sp³-hybridized carbons (Fsp3) is 1.00. The van der Waals surface area contributed by atoms with E-state index in [1.165, 1.54) is 32.1 Å². The van der Waals surface area contributed by atoms with Crippen molar-refractivity contribution in [1.82, 2.24) is 0 Å². The lowest BCUT2D eigenvalue weighted by Gasteiger charge is -2.27. The van der Waals surface area contributed by atoms with E-state index in [2.05, 4.69) is 6.92 Å². The second kappa shape index (κ2) is 4.46. The average Bonchev–Trinajstić information content (AvgIpc) is 3.22. The minimum Gasteiger partial charge on any atom is -0.381 e. The molecule has 2 heterocycles. The van der Waals surface area contributed by atoms with Crippen molar-refractivity contribution < 1.29 is 14.2 Å². The predicted molar refractivity (Wildman–Crippen MR) is 67.4 cm³/mol. The van der Waals surface area contributed by atoms with Gasteiger partial charge in [0.1, 0.15) is 0 Å². The van der Waals surface area contributed by atoms with Crippen LogP contribution in [-0.2, 0) is 14.2 Å². The summed E-state index contributed by atoms with van der Waals surface area (Å²) in [5.41, 5.74) is 0. The van der Waals surface area contributed by atoms with Gasteiger partial charge < -0.3 is 14.2 Å². The van der Waals surface area contributed by atoms with Gasteiger partial charge in [0.15, 0.2) is 0 Å². The van der Waals surface area contributed by atoms with Gasteiger partial charge in [0.2, 0.25) is 0 Å². The molecule has 0 amide bonds. The van der Waals surface area contributed by atoms with Crippen molar-refractivity contribution in [2.24, 2.45) is 17.8 Å². The van der Waals surface area contributed by atoms with Crippen molar-refractivity contribution in [3.05, 3.63) is 0 Å². The van der Waals surface area contributed by atoms with Gasteiger partial charge in [0, 0.05) is 13.2 Å². The summed E-state index contributed by atoms with van der Waals surface area (Å²) in [5, 5.41) is 0. The summed E-state index contributed by atoms with van der Waals surface area (Å²) >= 11 is 0. The minimum atomic E-state index is 0.574. The van der Waals surface area contributed by atoms with Crippen LogP contribution in [0.3, 0.4) is 0 Å². The first kappa shape index (κ1) is 11.7. The second-order valence-electron chi connectivity index (χ2n) is 6.85. The van der Waals surface area contributed by atoms with Crippen molar-refractivity contribution in [1.29, 1.82) is 0 Å². The van der Waals surface area contributed by atoms with Crippen LogP contribution in [0.15, 0.2) is 0 Å². The molecule has 2 aliphatic heterocycles. The number of hydrogen-bond acceptors (Lipinski definition) is 3. The normalized spacial score (nSPS) is 53.5. The first-order chi connectivity index (χ1) is 8.79. The highest BCUT2D eigenvalue weighted by atomic mass is 16.6. The molecule has 0 aromatic rings. The molecule has 4 aliphatic rings. The molecule has 2 saturated carbocycles. The number of rotatable bonds is 4. The molecule has 18 heavy (non-hydrogen) atoms. The van der Waals surface area contributed by atoms with E-state index in [1.807, 2.05) is 0 Å². The molecule has 2 aliphatic carbocycles. The molecule has 2 saturated heterocycles. The lowest BCUT2D eigenvalue weighted by atomic mass is 9.81. The molecule has 3 nitrogen and oxygen atoms in total. The Morgan fingerprint density at radius 1 is 0.889 bits per heavy atom. The third-order valence-electron chi connectivity index (χ3n) is 5.43. The molecular weight excluding hydrogens is 228 g/mol. The Bertz CT molecular complexity index is 319. The third-order valence-corrected chi connectivity index (χ3v) is 5.43.